The van der Waals surface area contributed by atoms with E-state index >= 15 is 0 Å². The van der Waals surface area contributed by atoms with Gasteiger partial charge in [-0.3, -0.25) is 20.5 Å². The number of rotatable bonds is 4. The van der Waals surface area contributed by atoms with Crippen LogP contribution in [0.5, 0.6) is 0 Å². The first-order valence-electron chi connectivity index (χ1n) is 6.39. The van der Waals surface area contributed by atoms with Crippen molar-refractivity contribution in [3.05, 3.63) is 27.2 Å². The Bertz CT molecular complexity index is 644. The third-order valence-corrected chi connectivity index (χ3v) is 5.56. The maximum absolute atomic E-state index is 11.9. The minimum Gasteiger partial charge on any atom is -0.296 e. The van der Waals surface area contributed by atoms with Crippen LogP contribution in [-0.2, 0) is 14.6 Å². The van der Waals surface area contributed by atoms with E-state index in [2.05, 4.69) is 10.9 Å². The van der Waals surface area contributed by atoms with Gasteiger partial charge in [-0.05, 0) is 12.1 Å². The lowest BCUT2D eigenvalue weighted by atomic mass is 10.3. The Morgan fingerprint density at radius 3 is 2.23 bits per heavy atom. The smallest absolute Gasteiger partial charge is 0.252 e. The molecule has 1 aromatic carbocycles. The molecule has 0 spiro atoms. The molecule has 0 radical (unpaired) electrons. The van der Waals surface area contributed by atoms with E-state index in [0.717, 1.165) is 0 Å². The fourth-order valence-corrected chi connectivity index (χ4v) is 4.13. The highest BCUT2D eigenvalue weighted by Crippen LogP contribution is 2.32. The summed E-state index contributed by atoms with van der Waals surface area (Å²) < 4.78 is 22.6. The zero-order chi connectivity index (χ0) is 16.3. The molecule has 0 saturated carbocycles. The minimum absolute atomic E-state index is 0.0720. The van der Waals surface area contributed by atoms with Gasteiger partial charge >= 0.3 is 0 Å². The molecule has 1 fully saturated rings. The van der Waals surface area contributed by atoms with E-state index in [0.29, 0.717) is 23.8 Å². The van der Waals surface area contributed by atoms with Crippen LogP contribution in [0, 0.1) is 0 Å². The highest BCUT2D eigenvalue weighted by Gasteiger charge is 2.23. The Kier molecular flexibility index (Phi) is 5.79. The molecule has 1 aliphatic rings. The number of halogens is 3. The second-order valence-electron chi connectivity index (χ2n) is 4.85. The summed E-state index contributed by atoms with van der Waals surface area (Å²) >= 11 is 17.8. The standard InChI is InChI=1S/C12H14Cl3N3O3S/c13-8-5-9(14)12(10(15)6-8)17-16-11(19)7-18-1-3-22(20,21)4-2-18/h5-6,17H,1-4,7H2,(H,16,19). The molecule has 0 bridgehead atoms. The number of amides is 1. The van der Waals surface area contributed by atoms with Crippen molar-refractivity contribution in [2.45, 2.75) is 0 Å². The number of hydrogen-bond donors (Lipinski definition) is 2. The van der Waals surface area contributed by atoms with Crippen molar-refractivity contribution in [3.8, 4) is 0 Å². The van der Waals surface area contributed by atoms with Crippen LogP contribution in [0.4, 0.5) is 5.69 Å². The van der Waals surface area contributed by atoms with Gasteiger partial charge < -0.3 is 0 Å². The Labute approximate surface area is 143 Å². The number of anilines is 1. The van der Waals surface area contributed by atoms with Crippen LogP contribution in [0.25, 0.3) is 0 Å². The van der Waals surface area contributed by atoms with E-state index in [-0.39, 0.29) is 34.0 Å². The van der Waals surface area contributed by atoms with Gasteiger partial charge in [0.1, 0.15) is 0 Å². The first-order valence-corrected chi connectivity index (χ1v) is 9.34. The van der Waals surface area contributed by atoms with Gasteiger partial charge in [-0.1, -0.05) is 34.8 Å². The van der Waals surface area contributed by atoms with Gasteiger partial charge in [-0.15, -0.1) is 0 Å². The van der Waals surface area contributed by atoms with Gasteiger partial charge in [0.25, 0.3) is 5.91 Å². The van der Waals surface area contributed by atoms with Gasteiger partial charge in [0.15, 0.2) is 9.84 Å². The molecule has 122 valence electrons. The summed E-state index contributed by atoms with van der Waals surface area (Å²) in [5.41, 5.74) is 5.47. The van der Waals surface area contributed by atoms with Crippen LogP contribution in [0.15, 0.2) is 12.1 Å². The highest BCUT2D eigenvalue weighted by molar-refractivity contribution is 7.91. The molecule has 0 aromatic heterocycles. The van der Waals surface area contributed by atoms with Gasteiger partial charge in [0, 0.05) is 18.1 Å². The third kappa shape index (κ3) is 4.89. The topological polar surface area (TPSA) is 78.5 Å². The van der Waals surface area contributed by atoms with E-state index in [1.54, 1.807) is 4.90 Å². The summed E-state index contributed by atoms with van der Waals surface area (Å²) in [7, 11) is -2.96. The average Bonchev–Trinajstić information content (AvgIpc) is 2.40. The summed E-state index contributed by atoms with van der Waals surface area (Å²) in [6, 6.07) is 3.00. The predicted octanol–water partition coefficient (Wildman–Crippen LogP) is 1.82. The molecule has 0 atom stereocenters. The molecule has 1 aliphatic heterocycles. The molecule has 2 N–H and O–H groups in total. The number of hydrogen-bond acceptors (Lipinski definition) is 5. The third-order valence-electron chi connectivity index (χ3n) is 3.14. The van der Waals surface area contributed by atoms with Gasteiger partial charge in [-0.2, -0.15) is 0 Å². The monoisotopic (exact) mass is 385 g/mol. The molecule has 0 unspecified atom stereocenters. The van der Waals surface area contributed by atoms with Crippen LogP contribution in [0.1, 0.15) is 0 Å². The number of nitrogens with zero attached hydrogens (tertiary/aromatic N) is 1. The molecular formula is C12H14Cl3N3O3S. The zero-order valence-electron chi connectivity index (χ0n) is 11.4. The van der Waals surface area contributed by atoms with Crippen LogP contribution in [0.3, 0.4) is 0 Å². The predicted molar refractivity (Wildman–Crippen MR) is 88.3 cm³/mol. The SMILES string of the molecule is O=C(CN1CCS(=O)(=O)CC1)NNc1c(Cl)cc(Cl)cc1Cl. The minimum atomic E-state index is -2.96. The molecule has 1 amide bonds. The lowest BCUT2D eigenvalue weighted by molar-refractivity contribution is -0.121. The summed E-state index contributed by atoms with van der Waals surface area (Å²) in [4.78, 5) is 13.6. The molecule has 0 aliphatic carbocycles. The maximum atomic E-state index is 11.9. The Balaban J connectivity index is 1.86. The summed E-state index contributed by atoms with van der Waals surface area (Å²) in [6.07, 6.45) is 0. The van der Waals surface area contributed by atoms with Crippen molar-refractivity contribution in [2.75, 3.05) is 36.6 Å². The Morgan fingerprint density at radius 2 is 1.68 bits per heavy atom. The fraction of sp³-hybridized carbons (Fsp3) is 0.417. The van der Waals surface area contributed by atoms with E-state index in [1.807, 2.05) is 0 Å². The number of nitrogens with one attached hydrogen (secondary N) is 2. The van der Waals surface area contributed by atoms with E-state index in [1.165, 1.54) is 12.1 Å². The second-order valence-corrected chi connectivity index (χ2v) is 8.40. The number of carbonyl (C=O) groups is 1. The van der Waals surface area contributed by atoms with Crippen LogP contribution in [0.2, 0.25) is 15.1 Å². The van der Waals surface area contributed by atoms with Crippen molar-refractivity contribution in [1.29, 1.82) is 0 Å². The average molecular weight is 387 g/mol. The van der Waals surface area contributed by atoms with Crippen molar-refractivity contribution in [3.63, 3.8) is 0 Å². The lowest BCUT2D eigenvalue weighted by Crippen LogP contribution is -2.46. The molecule has 1 heterocycles. The van der Waals surface area contributed by atoms with Crippen LogP contribution >= 0.6 is 34.8 Å². The van der Waals surface area contributed by atoms with E-state index < -0.39 is 9.84 Å². The molecule has 1 aromatic rings. The number of hydrazine groups is 1. The number of carbonyl (C=O) groups excluding carboxylic acids is 1. The summed E-state index contributed by atoms with van der Waals surface area (Å²) in [6.45, 7) is 0.780. The highest BCUT2D eigenvalue weighted by atomic mass is 35.5. The van der Waals surface area contributed by atoms with Crippen molar-refractivity contribution in [2.24, 2.45) is 0 Å². The second kappa shape index (κ2) is 7.23. The van der Waals surface area contributed by atoms with Crippen molar-refractivity contribution < 1.29 is 13.2 Å². The molecule has 22 heavy (non-hydrogen) atoms. The summed E-state index contributed by atoms with van der Waals surface area (Å²) in [5.74, 6) is -0.174. The maximum Gasteiger partial charge on any atom is 0.252 e. The fourth-order valence-electron chi connectivity index (χ4n) is 1.94. The molecule has 10 heteroatoms. The van der Waals surface area contributed by atoms with E-state index in [9.17, 15) is 13.2 Å². The van der Waals surface area contributed by atoms with Gasteiger partial charge in [-0.25, -0.2) is 8.42 Å². The van der Waals surface area contributed by atoms with Crippen molar-refractivity contribution in [1.82, 2.24) is 10.3 Å². The zero-order valence-corrected chi connectivity index (χ0v) is 14.5. The van der Waals surface area contributed by atoms with Crippen LogP contribution < -0.4 is 10.9 Å². The van der Waals surface area contributed by atoms with Gasteiger partial charge in [0.05, 0.1) is 33.8 Å². The molecular weight excluding hydrogens is 373 g/mol. The molecule has 1 saturated heterocycles. The van der Waals surface area contributed by atoms with Crippen LogP contribution in [-0.4, -0.2) is 50.4 Å². The summed E-state index contributed by atoms with van der Waals surface area (Å²) in [5, 5.41) is 0.949. The quantitative estimate of drug-likeness (QED) is 0.772. The number of sulfone groups is 1. The first kappa shape index (κ1) is 17.6. The first-order chi connectivity index (χ1) is 10.3. The van der Waals surface area contributed by atoms with E-state index in [4.69, 9.17) is 34.8 Å². The molecule has 6 nitrogen and oxygen atoms in total. The largest absolute Gasteiger partial charge is 0.296 e. The lowest BCUT2D eigenvalue weighted by Gasteiger charge is -2.25. The Hall–Kier alpha value is -0.730. The molecule has 2 rings (SSSR count). The van der Waals surface area contributed by atoms with Crippen molar-refractivity contribution >= 4 is 56.2 Å². The Morgan fingerprint density at radius 1 is 1.14 bits per heavy atom. The normalized spacial score (nSPS) is 18.0. The number of benzene rings is 1. The van der Waals surface area contributed by atoms with Gasteiger partial charge in [0.2, 0.25) is 0 Å².